The molecule has 0 fully saturated rings. The topological polar surface area (TPSA) is 57.2 Å². The van der Waals surface area contributed by atoms with E-state index in [2.05, 4.69) is 13.8 Å². The molecule has 0 unspecified atom stereocenters. The van der Waals surface area contributed by atoms with Crippen LogP contribution in [0.2, 0.25) is 0 Å². The number of rotatable bonds is 10. The minimum atomic E-state index is 0.0419. The predicted octanol–water partition coefficient (Wildman–Crippen LogP) is 4.08. The molecule has 0 aromatic heterocycles. The zero-order valence-corrected chi connectivity index (χ0v) is 14.3. The van der Waals surface area contributed by atoms with Crippen molar-refractivity contribution < 1.29 is 24.1 Å². The molecule has 0 atom stereocenters. The molecule has 0 bridgehead atoms. The van der Waals surface area contributed by atoms with Gasteiger partial charge in [0.1, 0.15) is 0 Å². The third-order valence-electron chi connectivity index (χ3n) is 3.43. The first-order chi connectivity index (χ1) is 10.6. The minimum absolute atomic E-state index is 0.0419. The average molecular weight is 312 g/mol. The highest BCUT2D eigenvalue weighted by atomic mass is 16.6. The fraction of sp³-hybridized carbons (Fsp3) is 0.647. The standard InChI is InChI=1S/C17H28O5/c1-6-8-10-21-14-12(3)13(18)15(22-11-9-7-2)17(20-5)16(14)19-4/h18H,6-11H2,1-5H3. The maximum Gasteiger partial charge on any atom is 0.211 e. The van der Waals surface area contributed by atoms with Crippen molar-refractivity contribution >= 4 is 0 Å². The minimum Gasteiger partial charge on any atom is -0.504 e. The van der Waals surface area contributed by atoms with Crippen molar-refractivity contribution in [1.82, 2.24) is 0 Å². The van der Waals surface area contributed by atoms with Crippen LogP contribution in [0.25, 0.3) is 0 Å². The first-order valence-corrected chi connectivity index (χ1v) is 7.85. The van der Waals surface area contributed by atoms with Gasteiger partial charge in [-0.15, -0.1) is 0 Å². The Hall–Kier alpha value is -1.78. The van der Waals surface area contributed by atoms with Crippen LogP contribution in [0.3, 0.4) is 0 Å². The van der Waals surface area contributed by atoms with Crippen molar-refractivity contribution in [1.29, 1.82) is 0 Å². The fourth-order valence-electron chi connectivity index (χ4n) is 2.08. The highest BCUT2D eigenvalue weighted by Crippen LogP contribution is 2.52. The Morgan fingerprint density at radius 1 is 0.773 bits per heavy atom. The van der Waals surface area contributed by atoms with Crippen LogP contribution in [0.1, 0.15) is 45.1 Å². The Labute approximate surface area is 133 Å². The van der Waals surface area contributed by atoms with E-state index in [9.17, 15) is 5.11 Å². The molecule has 0 heterocycles. The van der Waals surface area contributed by atoms with Gasteiger partial charge < -0.3 is 24.1 Å². The molecule has 1 N–H and O–H groups in total. The number of hydrogen-bond acceptors (Lipinski definition) is 5. The number of unbranched alkanes of at least 4 members (excludes halogenated alkanes) is 2. The fourth-order valence-corrected chi connectivity index (χ4v) is 2.08. The zero-order chi connectivity index (χ0) is 16.5. The van der Waals surface area contributed by atoms with Crippen LogP contribution >= 0.6 is 0 Å². The summed E-state index contributed by atoms with van der Waals surface area (Å²) in [7, 11) is 3.08. The van der Waals surface area contributed by atoms with E-state index in [0.717, 1.165) is 25.7 Å². The Morgan fingerprint density at radius 2 is 1.23 bits per heavy atom. The SMILES string of the molecule is CCCCOc1c(C)c(O)c(OCCCC)c(OC)c1OC. The van der Waals surface area contributed by atoms with Gasteiger partial charge in [0.25, 0.3) is 0 Å². The maximum absolute atomic E-state index is 10.4. The van der Waals surface area contributed by atoms with Gasteiger partial charge in [-0.25, -0.2) is 0 Å². The van der Waals surface area contributed by atoms with Crippen LogP contribution in [0.4, 0.5) is 0 Å². The Kier molecular flexibility index (Phi) is 7.71. The van der Waals surface area contributed by atoms with E-state index in [1.165, 1.54) is 7.11 Å². The number of phenolic OH excluding ortho intramolecular Hbond substituents is 1. The average Bonchev–Trinajstić information content (AvgIpc) is 2.53. The second kappa shape index (κ2) is 9.28. The van der Waals surface area contributed by atoms with Gasteiger partial charge in [0.2, 0.25) is 17.2 Å². The normalized spacial score (nSPS) is 10.4. The van der Waals surface area contributed by atoms with Gasteiger partial charge in [0.15, 0.2) is 11.5 Å². The molecule has 0 saturated heterocycles. The van der Waals surface area contributed by atoms with E-state index in [-0.39, 0.29) is 5.75 Å². The van der Waals surface area contributed by atoms with Crippen LogP contribution in [-0.2, 0) is 0 Å². The molecular weight excluding hydrogens is 284 g/mol. The van der Waals surface area contributed by atoms with Crippen LogP contribution in [0, 0.1) is 6.92 Å². The first-order valence-electron chi connectivity index (χ1n) is 7.85. The monoisotopic (exact) mass is 312 g/mol. The van der Waals surface area contributed by atoms with Gasteiger partial charge in [-0.1, -0.05) is 26.7 Å². The summed E-state index contributed by atoms with van der Waals surface area (Å²) >= 11 is 0. The number of benzene rings is 1. The highest BCUT2D eigenvalue weighted by molar-refractivity contribution is 5.69. The zero-order valence-electron chi connectivity index (χ0n) is 14.3. The summed E-state index contributed by atoms with van der Waals surface area (Å²) in [4.78, 5) is 0. The molecule has 126 valence electrons. The van der Waals surface area contributed by atoms with Gasteiger partial charge in [-0.2, -0.15) is 0 Å². The van der Waals surface area contributed by atoms with Gasteiger partial charge in [-0.3, -0.25) is 0 Å². The molecule has 0 amide bonds. The van der Waals surface area contributed by atoms with Crippen LogP contribution in [0.15, 0.2) is 0 Å². The lowest BCUT2D eigenvalue weighted by atomic mass is 10.1. The smallest absolute Gasteiger partial charge is 0.211 e. The van der Waals surface area contributed by atoms with Crippen molar-refractivity contribution in [2.45, 2.75) is 46.5 Å². The summed E-state index contributed by atoms with van der Waals surface area (Å²) in [5, 5.41) is 10.4. The Morgan fingerprint density at radius 3 is 1.68 bits per heavy atom. The quantitative estimate of drug-likeness (QED) is 0.660. The third kappa shape index (κ3) is 4.12. The van der Waals surface area contributed by atoms with E-state index in [1.807, 2.05) is 0 Å². The third-order valence-corrected chi connectivity index (χ3v) is 3.43. The molecule has 0 aliphatic rings. The molecule has 0 saturated carbocycles. The lowest BCUT2D eigenvalue weighted by Crippen LogP contribution is -2.06. The molecule has 1 aromatic rings. The Bertz CT molecular complexity index is 428. The number of ether oxygens (including phenoxy) is 4. The molecule has 0 spiro atoms. The van der Waals surface area contributed by atoms with Gasteiger partial charge in [-0.05, 0) is 19.8 Å². The van der Waals surface area contributed by atoms with E-state index < -0.39 is 0 Å². The van der Waals surface area contributed by atoms with E-state index >= 15 is 0 Å². The summed E-state index contributed by atoms with van der Waals surface area (Å²) in [6.45, 7) is 7.03. The molecule has 0 radical (unpaired) electrons. The van der Waals surface area contributed by atoms with Crippen molar-refractivity contribution in [3.05, 3.63) is 5.56 Å². The largest absolute Gasteiger partial charge is 0.504 e. The predicted molar refractivity (Wildman–Crippen MR) is 86.8 cm³/mol. The van der Waals surface area contributed by atoms with Gasteiger partial charge >= 0.3 is 0 Å². The van der Waals surface area contributed by atoms with Gasteiger partial charge in [0.05, 0.1) is 27.4 Å². The second-order valence-electron chi connectivity index (χ2n) is 5.10. The van der Waals surface area contributed by atoms with E-state index in [0.29, 0.717) is 41.8 Å². The molecule has 1 aromatic carbocycles. The summed E-state index contributed by atoms with van der Waals surface area (Å²) < 4.78 is 22.3. The summed E-state index contributed by atoms with van der Waals surface area (Å²) in [5.41, 5.74) is 0.597. The molecule has 0 aliphatic heterocycles. The molecule has 22 heavy (non-hydrogen) atoms. The van der Waals surface area contributed by atoms with Crippen molar-refractivity contribution in [2.24, 2.45) is 0 Å². The van der Waals surface area contributed by atoms with Crippen molar-refractivity contribution in [3.63, 3.8) is 0 Å². The maximum atomic E-state index is 10.4. The number of methoxy groups -OCH3 is 2. The second-order valence-corrected chi connectivity index (χ2v) is 5.10. The van der Waals surface area contributed by atoms with Gasteiger partial charge in [0, 0.05) is 5.56 Å². The summed E-state index contributed by atoms with van der Waals surface area (Å²) in [6, 6.07) is 0. The van der Waals surface area contributed by atoms with Crippen molar-refractivity contribution in [2.75, 3.05) is 27.4 Å². The molecule has 5 nitrogen and oxygen atoms in total. The first kappa shape index (κ1) is 18.3. The summed E-state index contributed by atoms with van der Waals surface area (Å²) in [6.07, 6.45) is 3.87. The van der Waals surface area contributed by atoms with Crippen molar-refractivity contribution in [3.8, 4) is 28.7 Å². The lowest BCUT2D eigenvalue weighted by Gasteiger charge is -2.21. The van der Waals surface area contributed by atoms with E-state index in [4.69, 9.17) is 18.9 Å². The number of aromatic hydroxyl groups is 1. The summed E-state index contributed by atoms with van der Waals surface area (Å²) in [5.74, 6) is 1.69. The molecule has 1 rings (SSSR count). The van der Waals surface area contributed by atoms with Crippen LogP contribution < -0.4 is 18.9 Å². The molecular formula is C17H28O5. The number of phenols is 1. The molecule has 5 heteroatoms. The lowest BCUT2D eigenvalue weighted by molar-refractivity contribution is 0.248. The Balaban J connectivity index is 3.21. The van der Waals surface area contributed by atoms with E-state index in [1.54, 1.807) is 14.0 Å². The highest BCUT2D eigenvalue weighted by Gasteiger charge is 2.26. The molecule has 0 aliphatic carbocycles. The number of hydrogen-bond donors (Lipinski definition) is 1. The van der Waals surface area contributed by atoms with Crippen LogP contribution in [-0.4, -0.2) is 32.5 Å². The van der Waals surface area contributed by atoms with Crippen LogP contribution in [0.5, 0.6) is 28.7 Å².